The van der Waals surface area contributed by atoms with Gasteiger partial charge in [-0.25, -0.2) is 9.67 Å². The van der Waals surface area contributed by atoms with Gasteiger partial charge in [-0.3, -0.25) is 4.79 Å². The van der Waals surface area contributed by atoms with Crippen molar-refractivity contribution in [1.29, 1.82) is 0 Å². The number of nitrogens with one attached hydrogen (secondary N) is 1. The Balaban J connectivity index is 0.00000182. The van der Waals surface area contributed by atoms with E-state index in [1.165, 1.54) is 0 Å². The van der Waals surface area contributed by atoms with Gasteiger partial charge in [0.1, 0.15) is 0 Å². The number of nitrogens with zero attached hydrogens (tertiary/aromatic N) is 4. The molecule has 1 fully saturated rings. The van der Waals surface area contributed by atoms with Crippen LogP contribution in [0.5, 0.6) is 5.88 Å². The first-order valence-corrected chi connectivity index (χ1v) is 8.80. The first-order valence-electron chi connectivity index (χ1n) is 8.80. The van der Waals surface area contributed by atoms with E-state index >= 15 is 0 Å². The van der Waals surface area contributed by atoms with Crippen LogP contribution in [0.1, 0.15) is 30.2 Å². The first-order chi connectivity index (χ1) is 11.9. The smallest absolute Gasteiger partial charge is 0.242 e. The minimum absolute atomic E-state index is 0. The third-order valence-electron chi connectivity index (χ3n) is 5.03. The number of aromatic nitrogens is 3. The van der Waals surface area contributed by atoms with Crippen molar-refractivity contribution < 1.29 is 9.53 Å². The number of ether oxygens (including phenoxy) is 1. The Bertz CT molecular complexity index is 809. The Morgan fingerprint density at radius 1 is 1.33 bits per heavy atom. The molecule has 0 saturated carbocycles. The number of halogens is 2. The van der Waals surface area contributed by atoms with E-state index in [2.05, 4.69) is 24.3 Å². The van der Waals surface area contributed by atoms with Crippen LogP contribution in [0.15, 0.2) is 0 Å². The molecule has 1 saturated heterocycles. The van der Waals surface area contributed by atoms with Crippen LogP contribution < -0.4 is 10.1 Å². The Morgan fingerprint density at radius 3 is 2.67 bits per heavy atom. The highest BCUT2D eigenvalue weighted by atomic mass is 35.5. The molecular weight excluding hydrogens is 389 g/mol. The summed E-state index contributed by atoms with van der Waals surface area (Å²) in [6.07, 6.45) is 1.19. The monoisotopic (exact) mass is 417 g/mol. The van der Waals surface area contributed by atoms with Crippen LogP contribution in [-0.2, 0) is 18.3 Å². The van der Waals surface area contributed by atoms with Gasteiger partial charge in [-0.05, 0) is 38.3 Å². The number of carbonyl (C=O) groups excluding carboxylic acids is 1. The van der Waals surface area contributed by atoms with E-state index in [4.69, 9.17) is 9.72 Å². The normalized spacial score (nSPS) is 16.6. The maximum absolute atomic E-state index is 12.6. The highest BCUT2D eigenvalue weighted by Crippen LogP contribution is 2.30. The predicted molar refractivity (Wildman–Crippen MR) is 111 cm³/mol. The van der Waals surface area contributed by atoms with E-state index in [0.717, 1.165) is 47.5 Å². The Labute approximate surface area is 172 Å². The summed E-state index contributed by atoms with van der Waals surface area (Å²) in [5.74, 6) is 0.802. The largest absolute Gasteiger partial charge is 0.479 e. The molecule has 0 bridgehead atoms. The molecule has 27 heavy (non-hydrogen) atoms. The van der Waals surface area contributed by atoms with Crippen molar-refractivity contribution in [3.8, 4) is 5.88 Å². The van der Waals surface area contributed by atoms with Crippen molar-refractivity contribution in [1.82, 2.24) is 25.0 Å². The van der Waals surface area contributed by atoms with Crippen molar-refractivity contribution >= 4 is 41.8 Å². The minimum Gasteiger partial charge on any atom is -0.479 e. The third-order valence-corrected chi connectivity index (χ3v) is 5.03. The molecule has 0 aliphatic carbocycles. The molecule has 2 aromatic rings. The van der Waals surface area contributed by atoms with Crippen molar-refractivity contribution in [3.05, 3.63) is 16.8 Å². The molecule has 1 aliphatic rings. The zero-order valence-electron chi connectivity index (χ0n) is 16.5. The molecule has 9 heteroatoms. The van der Waals surface area contributed by atoms with Crippen molar-refractivity contribution in [3.63, 3.8) is 0 Å². The number of carbonyl (C=O) groups is 1. The Morgan fingerprint density at radius 2 is 2.04 bits per heavy atom. The molecule has 0 radical (unpaired) electrons. The lowest BCUT2D eigenvalue weighted by atomic mass is 9.99. The van der Waals surface area contributed by atoms with E-state index in [1.807, 2.05) is 18.9 Å². The summed E-state index contributed by atoms with van der Waals surface area (Å²) >= 11 is 0. The number of pyridine rings is 1. The standard InChI is InChI=1S/C18H27N5O2.2ClH/c1-11-10-23(9-8-19-11)15(24)7-6-14-12(2)16-17(20-13(14)3)22(4)21-18(16)25-5;;/h11,19H,6-10H2,1-5H3;2*1H. The van der Waals surface area contributed by atoms with Gasteiger partial charge in [0.15, 0.2) is 5.65 Å². The molecule has 1 amide bonds. The molecule has 152 valence electrons. The number of amides is 1. The van der Waals surface area contributed by atoms with Gasteiger partial charge in [0.2, 0.25) is 11.8 Å². The van der Waals surface area contributed by atoms with Gasteiger partial charge < -0.3 is 15.0 Å². The second kappa shape index (κ2) is 9.57. The zero-order chi connectivity index (χ0) is 18.1. The van der Waals surface area contributed by atoms with Crippen LogP contribution in [0.2, 0.25) is 0 Å². The Hall–Kier alpha value is -1.57. The van der Waals surface area contributed by atoms with Crippen LogP contribution in [0.4, 0.5) is 0 Å². The quantitative estimate of drug-likeness (QED) is 0.824. The van der Waals surface area contributed by atoms with Gasteiger partial charge in [-0.15, -0.1) is 29.9 Å². The van der Waals surface area contributed by atoms with Crippen LogP contribution >= 0.6 is 24.8 Å². The molecule has 1 unspecified atom stereocenters. The molecule has 1 atom stereocenters. The second-order valence-electron chi connectivity index (χ2n) is 6.83. The van der Waals surface area contributed by atoms with Crippen LogP contribution in [0, 0.1) is 13.8 Å². The summed E-state index contributed by atoms with van der Waals surface area (Å²) in [6.45, 7) is 8.61. The van der Waals surface area contributed by atoms with Gasteiger partial charge in [0.25, 0.3) is 0 Å². The van der Waals surface area contributed by atoms with E-state index in [9.17, 15) is 4.79 Å². The van der Waals surface area contributed by atoms with Crippen LogP contribution in [0.25, 0.3) is 11.0 Å². The van der Waals surface area contributed by atoms with Gasteiger partial charge in [0, 0.05) is 44.8 Å². The van der Waals surface area contributed by atoms with Crippen molar-refractivity contribution in [2.75, 3.05) is 26.7 Å². The van der Waals surface area contributed by atoms with Gasteiger partial charge in [-0.2, -0.15) is 0 Å². The number of piperazine rings is 1. The molecule has 0 aromatic carbocycles. The number of hydrogen-bond acceptors (Lipinski definition) is 5. The second-order valence-corrected chi connectivity index (χ2v) is 6.83. The molecular formula is C18H29Cl2N5O2. The summed E-state index contributed by atoms with van der Waals surface area (Å²) < 4.78 is 7.14. The van der Waals surface area contributed by atoms with Gasteiger partial charge >= 0.3 is 0 Å². The lowest BCUT2D eigenvalue weighted by Gasteiger charge is -2.32. The summed E-state index contributed by atoms with van der Waals surface area (Å²) in [6, 6.07) is 0.360. The van der Waals surface area contributed by atoms with Crippen molar-refractivity contribution in [2.24, 2.45) is 7.05 Å². The maximum Gasteiger partial charge on any atom is 0.242 e. The number of methoxy groups -OCH3 is 1. The van der Waals surface area contributed by atoms with E-state index in [1.54, 1.807) is 11.8 Å². The van der Waals surface area contributed by atoms with Crippen molar-refractivity contribution in [2.45, 2.75) is 39.7 Å². The summed E-state index contributed by atoms with van der Waals surface area (Å²) in [5, 5.41) is 8.68. The fourth-order valence-corrected chi connectivity index (χ4v) is 3.66. The number of hydrogen-bond donors (Lipinski definition) is 1. The maximum atomic E-state index is 12.6. The number of rotatable bonds is 4. The van der Waals surface area contributed by atoms with E-state index in [0.29, 0.717) is 24.8 Å². The topological polar surface area (TPSA) is 72.3 Å². The molecule has 3 heterocycles. The highest BCUT2D eigenvalue weighted by molar-refractivity contribution is 5.86. The number of aryl methyl sites for hydroxylation is 3. The number of fused-ring (bicyclic) bond motifs is 1. The predicted octanol–water partition coefficient (Wildman–Crippen LogP) is 2.19. The Kier molecular flexibility index (Phi) is 8.32. The average molecular weight is 418 g/mol. The summed E-state index contributed by atoms with van der Waals surface area (Å²) in [7, 11) is 3.49. The fraction of sp³-hybridized carbons (Fsp3) is 0.611. The molecule has 2 aromatic heterocycles. The minimum atomic E-state index is 0. The molecule has 7 nitrogen and oxygen atoms in total. The summed E-state index contributed by atoms with van der Waals surface area (Å²) in [5.41, 5.74) is 4.00. The van der Waals surface area contributed by atoms with E-state index < -0.39 is 0 Å². The average Bonchev–Trinajstić information content (AvgIpc) is 2.90. The molecule has 0 spiro atoms. The van der Waals surface area contributed by atoms with Gasteiger partial charge in [0.05, 0.1) is 12.5 Å². The molecule has 3 rings (SSSR count). The third kappa shape index (κ3) is 4.65. The van der Waals surface area contributed by atoms with Crippen LogP contribution in [0.3, 0.4) is 0 Å². The lowest BCUT2D eigenvalue weighted by molar-refractivity contribution is -0.132. The molecule has 1 N–H and O–H groups in total. The van der Waals surface area contributed by atoms with Crippen LogP contribution in [-0.4, -0.2) is 58.4 Å². The lowest BCUT2D eigenvalue weighted by Crippen LogP contribution is -2.51. The molecule has 1 aliphatic heterocycles. The first kappa shape index (κ1) is 23.5. The van der Waals surface area contributed by atoms with Gasteiger partial charge in [-0.1, -0.05) is 0 Å². The highest BCUT2D eigenvalue weighted by Gasteiger charge is 2.22. The fourth-order valence-electron chi connectivity index (χ4n) is 3.66. The zero-order valence-corrected chi connectivity index (χ0v) is 18.2. The van der Waals surface area contributed by atoms with E-state index in [-0.39, 0.29) is 30.7 Å². The summed E-state index contributed by atoms with van der Waals surface area (Å²) in [4.78, 5) is 19.2. The SMILES string of the molecule is COc1nn(C)c2nc(C)c(CCC(=O)N3CCNC(C)C3)c(C)c12.Cl.Cl.